The largest absolute Gasteiger partial charge is 0.478 e. The lowest BCUT2D eigenvalue weighted by atomic mass is 10.2. The lowest BCUT2D eigenvalue weighted by Gasteiger charge is -2.01. The zero-order valence-corrected chi connectivity index (χ0v) is 9.70. The minimum atomic E-state index is -1.04. The number of hydrogen-bond acceptors (Lipinski definition) is 4. The first-order chi connectivity index (χ1) is 8.61. The Balaban J connectivity index is 2.28. The highest BCUT2D eigenvalue weighted by Crippen LogP contribution is 2.09. The molecule has 0 aromatic carbocycles. The molecule has 2 heterocycles. The Morgan fingerprint density at radius 1 is 1.33 bits per heavy atom. The quantitative estimate of drug-likeness (QED) is 0.826. The van der Waals surface area contributed by atoms with Crippen LogP contribution in [-0.2, 0) is 0 Å². The van der Waals surface area contributed by atoms with Gasteiger partial charge in [-0.25, -0.2) is 9.48 Å². The molecule has 1 N–H and O–H groups in total. The first-order valence-electron chi connectivity index (χ1n) is 5.39. The van der Waals surface area contributed by atoms with E-state index in [9.17, 15) is 9.59 Å². The molecule has 0 saturated heterocycles. The molecule has 0 aliphatic heterocycles. The molecular weight excluding hydrogens is 234 g/mol. The molecule has 0 amide bonds. The second-order valence-electron chi connectivity index (χ2n) is 3.66. The fraction of sp³-hybridized carbons (Fsp3) is 0.167. The van der Waals surface area contributed by atoms with Gasteiger partial charge in [-0.3, -0.25) is 9.78 Å². The van der Waals surface area contributed by atoms with E-state index < -0.39 is 5.97 Å². The van der Waals surface area contributed by atoms with Gasteiger partial charge in [-0.05, 0) is 12.1 Å². The van der Waals surface area contributed by atoms with Crippen LogP contribution in [0.2, 0.25) is 0 Å². The minimum Gasteiger partial charge on any atom is -0.478 e. The van der Waals surface area contributed by atoms with Crippen LogP contribution >= 0.6 is 0 Å². The number of aromatic nitrogens is 3. The summed E-state index contributed by atoms with van der Waals surface area (Å²) in [5.74, 6) is -1.07. The van der Waals surface area contributed by atoms with E-state index in [-0.39, 0.29) is 11.3 Å². The maximum absolute atomic E-state index is 11.4. The highest BCUT2D eigenvalue weighted by molar-refractivity contribution is 5.94. The van der Waals surface area contributed by atoms with Crippen LogP contribution in [0, 0.1) is 0 Å². The van der Waals surface area contributed by atoms with Gasteiger partial charge < -0.3 is 5.11 Å². The first-order valence-corrected chi connectivity index (χ1v) is 5.39. The number of nitrogens with zero attached hydrogens (tertiary/aromatic N) is 3. The van der Waals surface area contributed by atoms with Crippen LogP contribution in [0.15, 0.2) is 30.7 Å². The predicted molar refractivity (Wildman–Crippen MR) is 62.9 cm³/mol. The SMILES string of the molecule is CCC(=O)c1ccc(-n2cc(C(=O)O)cn2)cn1. The van der Waals surface area contributed by atoms with Gasteiger partial charge in [0.1, 0.15) is 5.69 Å². The van der Waals surface area contributed by atoms with E-state index in [1.54, 1.807) is 19.1 Å². The third-order valence-electron chi connectivity index (χ3n) is 2.45. The fourth-order valence-corrected chi connectivity index (χ4v) is 1.44. The van der Waals surface area contributed by atoms with Gasteiger partial charge in [-0.15, -0.1) is 0 Å². The molecule has 6 nitrogen and oxygen atoms in total. The Labute approximate surface area is 103 Å². The minimum absolute atomic E-state index is 0.0340. The summed E-state index contributed by atoms with van der Waals surface area (Å²) < 4.78 is 1.40. The van der Waals surface area contributed by atoms with Crippen molar-refractivity contribution in [2.45, 2.75) is 13.3 Å². The molecule has 2 aromatic rings. The summed E-state index contributed by atoms with van der Waals surface area (Å²) >= 11 is 0. The lowest BCUT2D eigenvalue weighted by Crippen LogP contribution is -2.02. The van der Waals surface area contributed by atoms with E-state index in [4.69, 9.17) is 5.11 Å². The normalized spacial score (nSPS) is 10.3. The maximum atomic E-state index is 11.4. The summed E-state index contributed by atoms with van der Waals surface area (Å²) in [6, 6.07) is 3.28. The highest BCUT2D eigenvalue weighted by Gasteiger charge is 2.08. The summed E-state index contributed by atoms with van der Waals surface area (Å²) in [6.45, 7) is 1.77. The molecule has 0 spiro atoms. The summed E-state index contributed by atoms with van der Waals surface area (Å²) in [5, 5.41) is 12.7. The van der Waals surface area contributed by atoms with Crippen LogP contribution in [0.5, 0.6) is 0 Å². The molecule has 0 aliphatic carbocycles. The number of Topliss-reactive ketones (excluding diaryl/α,β-unsaturated/α-hetero) is 1. The van der Waals surface area contributed by atoms with Crippen LogP contribution in [0.3, 0.4) is 0 Å². The van der Waals surface area contributed by atoms with Gasteiger partial charge in [0.2, 0.25) is 0 Å². The van der Waals surface area contributed by atoms with Gasteiger partial charge in [0.05, 0.1) is 23.6 Å². The summed E-state index contributed by atoms with van der Waals surface area (Å²) in [4.78, 5) is 26.1. The molecule has 0 bridgehead atoms. The third-order valence-corrected chi connectivity index (χ3v) is 2.45. The number of ketones is 1. The number of aromatic carboxylic acids is 1. The maximum Gasteiger partial charge on any atom is 0.338 e. The average Bonchev–Trinajstić information content (AvgIpc) is 2.88. The molecule has 0 atom stereocenters. The Morgan fingerprint density at radius 3 is 2.61 bits per heavy atom. The number of carboxylic acid groups (broad SMARTS) is 1. The van der Waals surface area contributed by atoms with Crippen molar-refractivity contribution in [3.05, 3.63) is 42.0 Å². The summed E-state index contributed by atoms with van der Waals surface area (Å²) in [6.07, 6.45) is 4.53. The molecule has 2 aromatic heterocycles. The van der Waals surface area contributed by atoms with Crippen molar-refractivity contribution in [2.24, 2.45) is 0 Å². The van der Waals surface area contributed by atoms with Gasteiger partial charge in [-0.1, -0.05) is 6.92 Å². The second kappa shape index (κ2) is 4.79. The number of carbonyl (C=O) groups excluding carboxylic acids is 1. The average molecular weight is 245 g/mol. The molecule has 6 heteroatoms. The third kappa shape index (κ3) is 2.27. The predicted octanol–water partition coefficient (Wildman–Crippen LogP) is 1.56. The van der Waals surface area contributed by atoms with Gasteiger partial charge in [-0.2, -0.15) is 5.10 Å². The smallest absolute Gasteiger partial charge is 0.338 e. The van der Waals surface area contributed by atoms with Crippen molar-refractivity contribution >= 4 is 11.8 Å². The number of hydrogen-bond donors (Lipinski definition) is 1. The molecule has 0 saturated carbocycles. The number of rotatable bonds is 4. The second-order valence-corrected chi connectivity index (χ2v) is 3.66. The monoisotopic (exact) mass is 245 g/mol. The van der Waals surface area contributed by atoms with Gasteiger partial charge in [0, 0.05) is 12.6 Å². The van der Waals surface area contributed by atoms with Crippen molar-refractivity contribution < 1.29 is 14.7 Å². The van der Waals surface area contributed by atoms with Crippen molar-refractivity contribution in [3.8, 4) is 5.69 Å². The molecule has 18 heavy (non-hydrogen) atoms. The van der Waals surface area contributed by atoms with E-state index in [1.165, 1.54) is 23.3 Å². The van der Waals surface area contributed by atoms with Gasteiger partial charge in [0.25, 0.3) is 0 Å². The lowest BCUT2D eigenvalue weighted by molar-refractivity contribution is 0.0696. The van der Waals surface area contributed by atoms with Crippen molar-refractivity contribution in [3.63, 3.8) is 0 Å². The van der Waals surface area contributed by atoms with E-state index in [0.29, 0.717) is 17.8 Å². The highest BCUT2D eigenvalue weighted by atomic mass is 16.4. The van der Waals surface area contributed by atoms with Crippen molar-refractivity contribution in [1.29, 1.82) is 0 Å². The van der Waals surface area contributed by atoms with E-state index in [2.05, 4.69) is 10.1 Å². The Hall–Kier alpha value is -2.50. The summed E-state index contributed by atoms with van der Waals surface area (Å²) in [5.41, 5.74) is 1.10. The number of carbonyl (C=O) groups is 2. The molecular formula is C12H11N3O3. The Kier molecular flexibility index (Phi) is 3.18. The van der Waals surface area contributed by atoms with Crippen molar-refractivity contribution in [1.82, 2.24) is 14.8 Å². The molecule has 0 unspecified atom stereocenters. The van der Waals surface area contributed by atoms with Gasteiger partial charge >= 0.3 is 5.97 Å². The molecule has 2 rings (SSSR count). The van der Waals surface area contributed by atoms with Gasteiger partial charge in [0.15, 0.2) is 5.78 Å². The van der Waals surface area contributed by atoms with Crippen LogP contribution < -0.4 is 0 Å². The topological polar surface area (TPSA) is 85.1 Å². The first kappa shape index (κ1) is 12.0. The summed E-state index contributed by atoms with van der Waals surface area (Å²) in [7, 11) is 0. The van der Waals surface area contributed by atoms with Crippen LogP contribution in [0.25, 0.3) is 5.69 Å². The molecule has 0 aliphatic rings. The zero-order valence-electron chi connectivity index (χ0n) is 9.70. The standard InChI is InChI=1S/C12H11N3O3/c1-2-11(16)10-4-3-9(6-13-10)15-7-8(5-14-15)12(17)18/h3-7H,2H2,1H3,(H,17,18). The van der Waals surface area contributed by atoms with E-state index in [1.807, 2.05) is 0 Å². The van der Waals surface area contributed by atoms with E-state index in [0.717, 1.165) is 0 Å². The Bertz CT molecular complexity index is 587. The zero-order chi connectivity index (χ0) is 13.1. The van der Waals surface area contributed by atoms with Crippen molar-refractivity contribution in [2.75, 3.05) is 0 Å². The number of carboxylic acids is 1. The molecule has 0 fully saturated rings. The molecule has 0 radical (unpaired) electrons. The van der Waals surface area contributed by atoms with E-state index >= 15 is 0 Å². The van der Waals surface area contributed by atoms with Crippen LogP contribution in [0.1, 0.15) is 34.2 Å². The van der Waals surface area contributed by atoms with Crippen LogP contribution in [-0.4, -0.2) is 31.6 Å². The molecule has 92 valence electrons. The van der Waals surface area contributed by atoms with Crippen LogP contribution in [0.4, 0.5) is 0 Å². The Morgan fingerprint density at radius 2 is 2.11 bits per heavy atom. The fourth-order valence-electron chi connectivity index (χ4n) is 1.44. The number of pyridine rings is 1.